The fraction of sp³-hybridized carbons (Fsp3) is 0.550. The van der Waals surface area contributed by atoms with Crippen molar-refractivity contribution < 1.29 is 9.53 Å². The number of rotatable bonds is 5. The Morgan fingerprint density at radius 2 is 1.88 bits per heavy atom. The minimum absolute atomic E-state index is 0.00135. The topological polar surface area (TPSA) is 66.2 Å². The van der Waals surface area contributed by atoms with Gasteiger partial charge in [-0.2, -0.15) is 0 Å². The summed E-state index contributed by atoms with van der Waals surface area (Å²) >= 11 is 0. The van der Waals surface area contributed by atoms with E-state index in [0.29, 0.717) is 6.54 Å². The molecule has 1 amide bonds. The smallest absolute Gasteiger partial charge is 0.407 e. The number of aromatic nitrogens is 1. The summed E-state index contributed by atoms with van der Waals surface area (Å²) in [5, 5.41) is 7.68. The van der Waals surface area contributed by atoms with Gasteiger partial charge in [-0.25, -0.2) is 4.79 Å². The highest BCUT2D eigenvalue weighted by molar-refractivity contribution is 5.82. The monoisotopic (exact) mass is 345 g/mol. The molecular formula is C20H31N3O2. The number of carbonyl (C=O) groups excluding carboxylic acids is 1. The third kappa shape index (κ3) is 5.78. The van der Waals surface area contributed by atoms with E-state index < -0.39 is 5.60 Å². The largest absolute Gasteiger partial charge is 0.444 e. The molecule has 5 heteroatoms. The number of para-hydroxylation sites is 1. The fourth-order valence-electron chi connectivity index (χ4n) is 2.71. The van der Waals surface area contributed by atoms with Crippen molar-refractivity contribution in [1.29, 1.82) is 0 Å². The maximum atomic E-state index is 11.9. The van der Waals surface area contributed by atoms with E-state index in [0.717, 1.165) is 12.1 Å². The summed E-state index contributed by atoms with van der Waals surface area (Å²) < 4.78 is 5.33. The van der Waals surface area contributed by atoms with Crippen LogP contribution in [0.2, 0.25) is 0 Å². The molecule has 3 N–H and O–H groups in total. The Balaban J connectivity index is 1.99. The standard InChI is InChI=1S/C20H31N3O2/c1-19(2,3)16(13-23-18(24)25-20(4,5)6)22-12-15-9-7-8-14-10-11-21-17(14)15/h7-11,16,21-22H,12-13H2,1-6H3,(H,23,24). The average Bonchev–Trinajstić information content (AvgIpc) is 2.92. The molecule has 1 aromatic carbocycles. The van der Waals surface area contributed by atoms with Crippen LogP contribution in [0.15, 0.2) is 30.5 Å². The van der Waals surface area contributed by atoms with Crippen molar-refractivity contribution in [2.24, 2.45) is 5.41 Å². The highest BCUT2D eigenvalue weighted by Gasteiger charge is 2.26. The van der Waals surface area contributed by atoms with Gasteiger partial charge in [0, 0.05) is 30.8 Å². The van der Waals surface area contributed by atoms with Crippen LogP contribution in [0.5, 0.6) is 0 Å². The van der Waals surface area contributed by atoms with Crippen LogP contribution >= 0.6 is 0 Å². The molecule has 0 bridgehead atoms. The van der Waals surface area contributed by atoms with Gasteiger partial charge in [-0.3, -0.25) is 0 Å². The number of hydrogen-bond acceptors (Lipinski definition) is 3. The zero-order chi connectivity index (χ0) is 18.7. The van der Waals surface area contributed by atoms with Crippen LogP contribution in [0.3, 0.4) is 0 Å². The first-order valence-corrected chi connectivity index (χ1v) is 8.81. The molecule has 1 heterocycles. The number of aromatic amines is 1. The van der Waals surface area contributed by atoms with Gasteiger partial charge in [-0.15, -0.1) is 0 Å². The lowest BCUT2D eigenvalue weighted by Gasteiger charge is -2.32. The molecule has 0 radical (unpaired) electrons. The summed E-state index contributed by atoms with van der Waals surface area (Å²) in [5.41, 5.74) is 1.88. The zero-order valence-electron chi connectivity index (χ0n) is 16.2. The quantitative estimate of drug-likeness (QED) is 0.761. The van der Waals surface area contributed by atoms with Gasteiger partial charge in [0.1, 0.15) is 5.60 Å². The molecule has 1 unspecified atom stereocenters. The van der Waals surface area contributed by atoms with Gasteiger partial charge in [0.15, 0.2) is 0 Å². The minimum atomic E-state index is -0.488. The van der Waals surface area contributed by atoms with E-state index in [4.69, 9.17) is 4.74 Å². The molecule has 1 atom stereocenters. The molecule has 0 aliphatic rings. The van der Waals surface area contributed by atoms with Crippen molar-refractivity contribution in [2.75, 3.05) is 6.54 Å². The van der Waals surface area contributed by atoms with Gasteiger partial charge in [0.05, 0.1) is 0 Å². The molecule has 0 fully saturated rings. The SMILES string of the molecule is CC(C)(C)OC(=O)NCC(NCc1cccc2cc[nH]c12)C(C)(C)C. The molecule has 5 nitrogen and oxygen atoms in total. The molecule has 0 aliphatic carbocycles. The van der Waals surface area contributed by atoms with Gasteiger partial charge in [-0.05, 0) is 43.2 Å². The lowest BCUT2D eigenvalue weighted by Crippen LogP contribution is -2.49. The molecule has 2 rings (SSSR count). The molecule has 0 saturated carbocycles. The van der Waals surface area contributed by atoms with Crippen LogP contribution in [0.4, 0.5) is 4.79 Å². The maximum Gasteiger partial charge on any atom is 0.407 e. The predicted molar refractivity (Wildman–Crippen MR) is 103 cm³/mol. The Morgan fingerprint density at radius 1 is 1.16 bits per heavy atom. The molecule has 138 valence electrons. The number of alkyl carbamates (subject to hydrolysis) is 1. The first-order chi connectivity index (χ1) is 11.6. The number of nitrogens with one attached hydrogen (secondary N) is 3. The number of amides is 1. The van der Waals surface area contributed by atoms with Crippen molar-refractivity contribution >= 4 is 17.0 Å². The Hall–Kier alpha value is -2.01. The van der Waals surface area contributed by atoms with E-state index in [1.807, 2.05) is 27.0 Å². The first kappa shape index (κ1) is 19.3. The zero-order valence-corrected chi connectivity index (χ0v) is 16.2. The van der Waals surface area contributed by atoms with Crippen LogP contribution in [0.1, 0.15) is 47.1 Å². The highest BCUT2D eigenvalue weighted by Crippen LogP contribution is 2.21. The maximum absolute atomic E-state index is 11.9. The molecule has 2 aromatic rings. The van der Waals surface area contributed by atoms with E-state index >= 15 is 0 Å². The van der Waals surface area contributed by atoms with Gasteiger partial charge < -0.3 is 20.4 Å². The summed E-state index contributed by atoms with van der Waals surface area (Å²) in [6, 6.07) is 8.47. The van der Waals surface area contributed by atoms with Crippen molar-refractivity contribution in [2.45, 2.75) is 59.7 Å². The number of ether oxygens (including phenoxy) is 1. The lowest BCUT2D eigenvalue weighted by molar-refractivity contribution is 0.0513. The van der Waals surface area contributed by atoms with Crippen LogP contribution < -0.4 is 10.6 Å². The van der Waals surface area contributed by atoms with Gasteiger partial charge >= 0.3 is 6.09 Å². The normalized spacial score (nSPS) is 13.7. The summed E-state index contributed by atoms with van der Waals surface area (Å²) in [6.07, 6.45) is 1.58. The molecular weight excluding hydrogens is 314 g/mol. The summed E-state index contributed by atoms with van der Waals surface area (Å²) in [4.78, 5) is 15.2. The van der Waals surface area contributed by atoms with Gasteiger partial charge in [0.2, 0.25) is 0 Å². The van der Waals surface area contributed by atoms with Crippen molar-refractivity contribution in [3.05, 3.63) is 36.0 Å². The van der Waals surface area contributed by atoms with Crippen molar-refractivity contribution in [3.8, 4) is 0 Å². The summed E-state index contributed by atoms with van der Waals surface area (Å²) in [5.74, 6) is 0. The average molecular weight is 345 g/mol. The Bertz CT molecular complexity index is 708. The number of H-pyrrole nitrogens is 1. The van der Waals surface area contributed by atoms with E-state index in [9.17, 15) is 4.79 Å². The highest BCUT2D eigenvalue weighted by atomic mass is 16.6. The Morgan fingerprint density at radius 3 is 2.52 bits per heavy atom. The second-order valence-electron chi connectivity index (χ2n) is 8.54. The summed E-state index contributed by atoms with van der Waals surface area (Å²) in [7, 11) is 0. The third-order valence-corrected chi connectivity index (χ3v) is 4.11. The van der Waals surface area contributed by atoms with Crippen LogP contribution in [-0.4, -0.2) is 29.3 Å². The molecule has 0 spiro atoms. The lowest BCUT2D eigenvalue weighted by atomic mass is 9.86. The third-order valence-electron chi connectivity index (χ3n) is 4.11. The van der Waals surface area contributed by atoms with Crippen molar-refractivity contribution in [3.63, 3.8) is 0 Å². The van der Waals surface area contributed by atoms with E-state index in [1.165, 1.54) is 10.9 Å². The fourth-order valence-corrected chi connectivity index (χ4v) is 2.71. The van der Waals surface area contributed by atoms with Gasteiger partial charge in [0.25, 0.3) is 0 Å². The van der Waals surface area contributed by atoms with Crippen molar-refractivity contribution in [1.82, 2.24) is 15.6 Å². The second kappa shape index (κ2) is 7.48. The number of fused-ring (bicyclic) bond motifs is 1. The molecule has 25 heavy (non-hydrogen) atoms. The van der Waals surface area contributed by atoms with Gasteiger partial charge in [-0.1, -0.05) is 39.0 Å². The number of carbonyl (C=O) groups is 1. The first-order valence-electron chi connectivity index (χ1n) is 8.81. The van der Waals surface area contributed by atoms with E-state index in [2.05, 4.69) is 60.7 Å². The summed E-state index contributed by atoms with van der Waals surface area (Å²) in [6.45, 7) is 13.3. The molecule has 1 aromatic heterocycles. The van der Waals surface area contributed by atoms with E-state index in [-0.39, 0.29) is 17.6 Å². The van der Waals surface area contributed by atoms with Crippen LogP contribution in [0.25, 0.3) is 10.9 Å². The van der Waals surface area contributed by atoms with E-state index in [1.54, 1.807) is 0 Å². The number of benzene rings is 1. The molecule has 0 aliphatic heterocycles. The Labute approximate surface area is 150 Å². The Kier molecular flexibility index (Phi) is 5.78. The van der Waals surface area contributed by atoms with Crippen LogP contribution in [0, 0.1) is 5.41 Å². The predicted octanol–water partition coefficient (Wildman–Crippen LogP) is 4.20. The number of hydrogen-bond donors (Lipinski definition) is 3. The van der Waals surface area contributed by atoms with Crippen LogP contribution in [-0.2, 0) is 11.3 Å². The second-order valence-corrected chi connectivity index (χ2v) is 8.54. The minimum Gasteiger partial charge on any atom is -0.444 e. The molecule has 0 saturated heterocycles.